The molecule has 2 atom stereocenters. The number of ether oxygens (including phenoxy) is 3. The third kappa shape index (κ3) is 6.74. The van der Waals surface area contributed by atoms with Gasteiger partial charge >= 0.3 is 11.9 Å². The normalized spacial score (nSPS) is 16.3. The van der Waals surface area contributed by atoms with Gasteiger partial charge < -0.3 is 24.8 Å². The van der Waals surface area contributed by atoms with Crippen molar-refractivity contribution >= 4 is 41.8 Å². The monoisotopic (exact) mass is 551 g/mol. The lowest BCUT2D eigenvalue weighted by molar-refractivity contribution is -0.143. The Bertz CT molecular complexity index is 1330. The average molecular weight is 552 g/mol. The molecule has 3 aromatic rings. The topological polar surface area (TPSA) is 132 Å². The van der Waals surface area contributed by atoms with Crippen molar-refractivity contribution in [3.8, 4) is 16.9 Å². The summed E-state index contributed by atoms with van der Waals surface area (Å²) >= 11 is 0. The molecular formula is C29H30ClN3O6. The number of nitrogens with zero attached hydrogens (tertiary/aromatic N) is 1. The number of carbonyl (C=O) groups excluding carboxylic acids is 3. The molecule has 9 nitrogen and oxygen atoms in total. The van der Waals surface area contributed by atoms with Crippen molar-refractivity contribution in [1.82, 2.24) is 0 Å². The Morgan fingerprint density at radius 2 is 1.46 bits per heavy atom. The first-order chi connectivity index (χ1) is 18.3. The Morgan fingerprint density at radius 3 is 2.00 bits per heavy atom. The largest absolute Gasteiger partial charge is 0.491 e. The lowest BCUT2D eigenvalue weighted by Crippen LogP contribution is -2.37. The van der Waals surface area contributed by atoms with Gasteiger partial charge in [-0.05, 0) is 53.9 Å². The van der Waals surface area contributed by atoms with E-state index in [4.69, 9.17) is 25.4 Å². The molecule has 3 N–H and O–H groups in total. The first-order valence-electron chi connectivity index (χ1n) is 12.1. The van der Waals surface area contributed by atoms with Gasteiger partial charge in [0.1, 0.15) is 18.2 Å². The van der Waals surface area contributed by atoms with Crippen LogP contribution in [-0.2, 0) is 19.1 Å². The van der Waals surface area contributed by atoms with E-state index in [1.165, 1.54) is 14.2 Å². The van der Waals surface area contributed by atoms with Crippen LogP contribution in [0.1, 0.15) is 28.8 Å². The molecule has 1 amide bonds. The fourth-order valence-electron chi connectivity index (χ4n) is 4.50. The number of nitrogens with one attached hydrogen (secondary N) is 1. The zero-order chi connectivity index (χ0) is 27.2. The minimum atomic E-state index is -0.531. The molecule has 1 heterocycles. The molecule has 0 unspecified atom stereocenters. The van der Waals surface area contributed by atoms with E-state index < -0.39 is 17.9 Å². The van der Waals surface area contributed by atoms with E-state index in [9.17, 15) is 14.4 Å². The number of amidine groups is 1. The van der Waals surface area contributed by atoms with E-state index in [2.05, 4.69) is 0 Å². The fraction of sp³-hybridized carbons (Fsp3) is 0.241. The molecule has 39 heavy (non-hydrogen) atoms. The number of anilines is 1. The molecule has 0 radical (unpaired) electrons. The van der Waals surface area contributed by atoms with Crippen LogP contribution in [0.3, 0.4) is 0 Å². The van der Waals surface area contributed by atoms with Crippen LogP contribution < -0.4 is 15.4 Å². The molecule has 4 rings (SSSR count). The molecule has 0 saturated carbocycles. The van der Waals surface area contributed by atoms with Crippen LogP contribution in [-0.4, -0.2) is 50.5 Å². The number of hydrogen-bond acceptors (Lipinski definition) is 7. The quantitative estimate of drug-likeness (QED) is 0.231. The molecule has 0 spiro atoms. The molecule has 204 valence electrons. The zero-order valence-corrected chi connectivity index (χ0v) is 22.4. The zero-order valence-electron chi connectivity index (χ0n) is 21.6. The standard InChI is InChI=1S/C29H29N3O6.ClH/c1-36-26(33)16-22-15-24(32(28(22)34)23-11-7-21(8-12-23)29(35)37-2)17-38-25-13-9-19(10-14-25)18-3-5-20(6-4-18)27(30)31;/h3-14,22,24H,15-17H2,1-2H3,(H3,30,31);1H/t22-,24-;/m0./s1. The summed E-state index contributed by atoms with van der Waals surface area (Å²) in [7, 11) is 2.61. The van der Waals surface area contributed by atoms with Crippen molar-refractivity contribution in [1.29, 1.82) is 5.41 Å². The smallest absolute Gasteiger partial charge is 0.337 e. The molecule has 0 bridgehead atoms. The van der Waals surface area contributed by atoms with E-state index in [1.807, 2.05) is 36.4 Å². The molecule has 1 fully saturated rings. The highest BCUT2D eigenvalue weighted by Crippen LogP contribution is 2.33. The Hall–Kier alpha value is -4.37. The minimum Gasteiger partial charge on any atom is -0.491 e. The summed E-state index contributed by atoms with van der Waals surface area (Å²) in [6.45, 7) is 0.217. The maximum atomic E-state index is 13.3. The molecule has 1 aliphatic heterocycles. The van der Waals surface area contributed by atoms with Crippen molar-refractivity contribution in [3.63, 3.8) is 0 Å². The lowest BCUT2D eigenvalue weighted by atomic mass is 10.0. The second-order valence-corrected chi connectivity index (χ2v) is 8.94. The summed E-state index contributed by atoms with van der Waals surface area (Å²) in [6.07, 6.45) is 0.410. The Morgan fingerprint density at radius 1 is 0.897 bits per heavy atom. The highest BCUT2D eigenvalue weighted by molar-refractivity contribution is 6.00. The molecule has 1 aliphatic rings. The first-order valence-corrected chi connectivity index (χ1v) is 12.1. The van der Waals surface area contributed by atoms with Crippen molar-refractivity contribution in [2.24, 2.45) is 11.7 Å². The van der Waals surface area contributed by atoms with Gasteiger partial charge in [0.2, 0.25) is 5.91 Å². The van der Waals surface area contributed by atoms with Crippen LogP contribution in [0, 0.1) is 11.3 Å². The van der Waals surface area contributed by atoms with Crippen molar-refractivity contribution in [3.05, 3.63) is 83.9 Å². The van der Waals surface area contributed by atoms with Gasteiger partial charge in [0.05, 0.1) is 38.2 Å². The minimum absolute atomic E-state index is 0. The van der Waals surface area contributed by atoms with Crippen molar-refractivity contribution in [2.75, 3.05) is 25.7 Å². The van der Waals surface area contributed by atoms with Crippen LogP contribution in [0.5, 0.6) is 5.75 Å². The SMILES string of the molecule is COC(=O)C[C@@H]1C[C@@H](COc2ccc(-c3ccc(C(=N)N)cc3)cc2)N(c2ccc(C(=O)OC)cc2)C1=O.Cl. The molecule has 0 aromatic heterocycles. The van der Waals surface area contributed by atoms with Gasteiger partial charge in [-0.3, -0.25) is 15.0 Å². The van der Waals surface area contributed by atoms with E-state index in [0.29, 0.717) is 29.0 Å². The van der Waals surface area contributed by atoms with Crippen LogP contribution in [0.25, 0.3) is 11.1 Å². The number of hydrogen-bond donors (Lipinski definition) is 2. The number of nitrogen functional groups attached to an aromatic ring is 1. The van der Waals surface area contributed by atoms with Gasteiger partial charge in [0.25, 0.3) is 0 Å². The van der Waals surface area contributed by atoms with Gasteiger partial charge in [0, 0.05) is 11.3 Å². The molecule has 3 aromatic carbocycles. The molecule has 10 heteroatoms. The summed E-state index contributed by atoms with van der Waals surface area (Å²) < 4.78 is 15.6. The van der Waals surface area contributed by atoms with Crippen molar-refractivity contribution < 1.29 is 28.6 Å². The number of nitrogens with two attached hydrogens (primary N) is 1. The van der Waals surface area contributed by atoms with Crippen LogP contribution in [0.2, 0.25) is 0 Å². The summed E-state index contributed by atoms with van der Waals surface area (Å²) in [5.41, 5.74) is 9.13. The number of methoxy groups -OCH3 is 2. The first kappa shape index (κ1) is 29.2. The van der Waals surface area contributed by atoms with E-state index in [0.717, 1.165) is 11.1 Å². The third-order valence-electron chi connectivity index (χ3n) is 6.54. The number of carbonyl (C=O) groups is 3. The van der Waals surface area contributed by atoms with E-state index in [-0.39, 0.29) is 43.2 Å². The van der Waals surface area contributed by atoms with E-state index in [1.54, 1.807) is 41.3 Å². The lowest BCUT2D eigenvalue weighted by Gasteiger charge is -2.25. The van der Waals surface area contributed by atoms with Gasteiger partial charge in [0.15, 0.2) is 0 Å². The van der Waals surface area contributed by atoms with Crippen LogP contribution >= 0.6 is 12.4 Å². The summed E-state index contributed by atoms with van der Waals surface area (Å²) in [6, 6.07) is 21.2. The maximum absolute atomic E-state index is 13.3. The molecular weight excluding hydrogens is 522 g/mol. The van der Waals surface area contributed by atoms with E-state index >= 15 is 0 Å². The highest BCUT2D eigenvalue weighted by Gasteiger charge is 2.41. The Labute approximate surface area is 232 Å². The van der Waals surface area contributed by atoms with Gasteiger partial charge in [-0.2, -0.15) is 0 Å². The molecule has 1 saturated heterocycles. The summed E-state index contributed by atoms with van der Waals surface area (Å²) in [5, 5.41) is 7.52. The molecule has 0 aliphatic carbocycles. The average Bonchev–Trinajstić information content (AvgIpc) is 3.26. The number of esters is 2. The summed E-state index contributed by atoms with van der Waals surface area (Å²) in [4.78, 5) is 38.6. The van der Waals surface area contributed by atoms with Gasteiger partial charge in [-0.1, -0.05) is 36.4 Å². The third-order valence-corrected chi connectivity index (χ3v) is 6.54. The number of benzene rings is 3. The van der Waals surface area contributed by atoms with Crippen molar-refractivity contribution in [2.45, 2.75) is 18.9 Å². The second kappa shape index (κ2) is 12.9. The Balaban J connectivity index is 0.00000420. The second-order valence-electron chi connectivity index (χ2n) is 8.94. The van der Waals surface area contributed by atoms with Crippen LogP contribution in [0.15, 0.2) is 72.8 Å². The number of amides is 1. The predicted octanol–water partition coefficient (Wildman–Crippen LogP) is 4.21. The highest BCUT2D eigenvalue weighted by atomic mass is 35.5. The Kier molecular flexibility index (Phi) is 9.68. The summed E-state index contributed by atoms with van der Waals surface area (Å²) in [5.74, 6) is -0.980. The number of halogens is 1. The van der Waals surface area contributed by atoms with Gasteiger partial charge in [-0.15, -0.1) is 12.4 Å². The van der Waals surface area contributed by atoms with Gasteiger partial charge in [-0.25, -0.2) is 4.79 Å². The van der Waals surface area contributed by atoms with Crippen LogP contribution in [0.4, 0.5) is 5.69 Å². The number of rotatable bonds is 9. The maximum Gasteiger partial charge on any atom is 0.337 e. The predicted molar refractivity (Wildman–Crippen MR) is 149 cm³/mol. The fourth-order valence-corrected chi connectivity index (χ4v) is 4.50.